The van der Waals surface area contributed by atoms with Crippen molar-refractivity contribution in [1.29, 1.82) is 0 Å². The van der Waals surface area contributed by atoms with Crippen LogP contribution in [0.3, 0.4) is 0 Å². The molecule has 0 aromatic heterocycles. The van der Waals surface area contributed by atoms with Gasteiger partial charge in [-0.3, -0.25) is 4.79 Å². The predicted octanol–water partition coefficient (Wildman–Crippen LogP) is 3.15. The van der Waals surface area contributed by atoms with Gasteiger partial charge in [0.1, 0.15) is 11.5 Å². The van der Waals surface area contributed by atoms with Gasteiger partial charge in [-0.1, -0.05) is 12.1 Å². The fourth-order valence-corrected chi connectivity index (χ4v) is 2.24. The van der Waals surface area contributed by atoms with Crippen LogP contribution in [-0.4, -0.2) is 25.8 Å². The fraction of sp³-hybridized carbons (Fsp3) is 0.263. The molecule has 0 aliphatic heterocycles. The lowest BCUT2D eigenvalue weighted by molar-refractivity contribution is -0.123. The molecule has 5 nitrogen and oxygen atoms in total. The molecular weight excluding hydrogens is 304 g/mol. The molecule has 0 spiro atoms. The van der Waals surface area contributed by atoms with Gasteiger partial charge >= 0.3 is 0 Å². The summed E-state index contributed by atoms with van der Waals surface area (Å²) in [5, 5.41) is 3.98. The molecule has 0 aliphatic rings. The average molecular weight is 326 g/mol. The van der Waals surface area contributed by atoms with Gasteiger partial charge in [-0.25, -0.2) is 5.43 Å². The lowest BCUT2D eigenvalue weighted by Gasteiger charge is -2.09. The number of hydrogen-bond acceptors (Lipinski definition) is 4. The lowest BCUT2D eigenvalue weighted by Crippen LogP contribution is -2.24. The summed E-state index contributed by atoms with van der Waals surface area (Å²) in [6.45, 7) is 5.86. The monoisotopic (exact) mass is 326 g/mol. The van der Waals surface area contributed by atoms with E-state index in [1.165, 1.54) is 0 Å². The SMILES string of the molecule is COc1ccc(/C=N/NC(=O)COc2cccc(C)c2)c(C)c1C. The number of hydrogen-bond donors (Lipinski definition) is 1. The lowest BCUT2D eigenvalue weighted by atomic mass is 10.0. The molecule has 0 unspecified atom stereocenters. The first kappa shape index (κ1) is 17.5. The molecule has 2 rings (SSSR count). The molecule has 0 bridgehead atoms. The van der Waals surface area contributed by atoms with E-state index in [1.54, 1.807) is 13.3 Å². The maximum absolute atomic E-state index is 11.8. The van der Waals surface area contributed by atoms with E-state index in [2.05, 4.69) is 10.5 Å². The number of hydrazone groups is 1. The summed E-state index contributed by atoms with van der Waals surface area (Å²) < 4.78 is 10.7. The summed E-state index contributed by atoms with van der Waals surface area (Å²) in [4.78, 5) is 11.8. The Morgan fingerprint density at radius 1 is 1.17 bits per heavy atom. The third kappa shape index (κ3) is 4.59. The normalized spacial score (nSPS) is 10.7. The molecule has 5 heteroatoms. The number of amides is 1. The van der Waals surface area contributed by atoms with E-state index < -0.39 is 0 Å². The molecule has 1 amide bonds. The minimum Gasteiger partial charge on any atom is -0.496 e. The van der Waals surface area contributed by atoms with E-state index in [-0.39, 0.29) is 12.5 Å². The van der Waals surface area contributed by atoms with Gasteiger partial charge in [0.25, 0.3) is 5.91 Å². The molecule has 126 valence electrons. The van der Waals surface area contributed by atoms with Crippen LogP contribution in [0.1, 0.15) is 22.3 Å². The van der Waals surface area contributed by atoms with Gasteiger partial charge in [0.05, 0.1) is 13.3 Å². The Labute approximate surface area is 142 Å². The zero-order valence-electron chi connectivity index (χ0n) is 14.4. The molecule has 0 fully saturated rings. The third-order valence-corrected chi connectivity index (χ3v) is 3.75. The molecule has 0 saturated carbocycles. The number of methoxy groups -OCH3 is 1. The molecule has 0 radical (unpaired) electrons. The zero-order valence-corrected chi connectivity index (χ0v) is 14.4. The Balaban J connectivity index is 1.89. The number of aryl methyl sites for hydroxylation is 1. The second-order valence-electron chi connectivity index (χ2n) is 5.51. The zero-order chi connectivity index (χ0) is 17.5. The Morgan fingerprint density at radius 3 is 2.67 bits per heavy atom. The second kappa shape index (κ2) is 8.15. The summed E-state index contributed by atoms with van der Waals surface area (Å²) in [5.74, 6) is 1.19. The van der Waals surface area contributed by atoms with Crippen molar-refractivity contribution in [3.63, 3.8) is 0 Å². The van der Waals surface area contributed by atoms with Gasteiger partial charge < -0.3 is 9.47 Å². The molecule has 0 aliphatic carbocycles. The van der Waals surface area contributed by atoms with Gasteiger partial charge in [-0.15, -0.1) is 0 Å². The summed E-state index contributed by atoms with van der Waals surface area (Å²) in [6.07, 6.45) is 1.62. The predicted molar refractivity (Wildman–Crippen MR) is 94.9 cm³/mol. The van der Waals surface area contributed by atoms with Crippen molar-refractivity contribution in [2.24, 2.45) is 5.10 Å². The summed E-state index contributed by atoms with van der Waals surface area (Å²) >= 11 is 0. The highest BCUT2D eigenvalue weighted by Crippen LogP contribution is 2.22. The van der Waals surface area contributed by atoms with Crippen LogP contribution in [0.4, 0.5) is 0 Å². The number of nitrogens with one attached hydrogen (secondary N) is 1. The number of nitrogens with zero attached hydrogens (tertiary/aromatic N) is 1. The van der Waals surface area contributed by atoms with Crippen LogP contribution in [0.25, 0.3) is 0 Å². The Bertz CT molecular complexity index is 754. The molecule has 2 aromatic carbocycles. The first-order valence-electron chi connectivity index (χ1n) is 7.67. The van der Waals surface area contributed by atoms with Gasteiger partial charge in [0.2, 0.25) is 0 Å². The molecule has 2 aromatic rings. The van der Waals surface area contributed by atoms with Crippen LogP contribution in [-0.2, 0) is 4.79 Å². The van der Waals surface area contributed by atoms with Crippen molar-refractivity contribution < 1.29 is 14.3 Å². The smallest absolute Gasteiger partial charge is 0.277 e. The molecule has 24 heavy (non-hydrogen) atoms. The van der Waals surface area contributed by atoms with Gasteiger partial charge in [-0.05, 0) is 67.3 Å². The minimum atomic E-state index is -0.310. The van der Waals surface area contributed by atoms with Crippen LogP contribution in [0.2, 0.25) is 0 Å². The van der Waals surface area contributed by atoms with E-state index in [1.807, 2.05) is 57.2 Å². The van der Waals surface area contributed by atoms with Crippen molar-refractivity contribution in [3.05, 3.63) is 58.7 Å². The van der Waals surface area contributed by atoms with E-state index in [0.29, 0.717) is 5.75 Å². The van der Waals surface area contributed by atoms with E-state index >= 15 is 0 Å². The number of ether oxygens (including phenoxy) is 2. The second-order valence-corrected chi connectivity index (χ2v) is 5.51. The molecule has 0 heterocycles. The van der Waals surface area contributed by atoms with E-state index in [4.69, 9.17) is 9.47 Å². The molecule has 0 saturated heterocycles. The first-order chi connectivity index (χ1) is 11.5. The Kier molecular flexibility index (Phi) is 5.95. The number of benzene rings is 2. The highest BCUT2D eigenvalue weighted by atomic mass is 16.5. The van der Waals surface area contributed by atoms with Crippen molar-refractivity contribution in [3.8, 4) is 11.5 Å². The van der Waals surface area contributed by atoms with Crippen LogP contribution >= 0.6 is 0 Å². The maximum Gasteiger partial charge on any atom is 0.277 e. The summed E-state index contributed by atoms with van der Waals surface area (Å²) in [6, 6.07) is 11.3. The highest BCUT2D eigenvalue weighted by Gasteiger charge is 2.05. The topological polar surface area (TPSA) is 59.9 Å². The molecule has 0 atom stereocenters. The molecular formula is C19H22N2O3. The van der Waals surface area contributed by atoms with Crippen LogP contribution < -0.4 is 14.9 Å². The standard InChI is InChI=1S/C19H22N2O3/c1-13-6-5-7-17(10-13)24-12-19(22)21-20-11-16-8-9-18(23-4)15(3)14(16)2/h5-11H,12H2,1-4H3,(H,21,22)/b20-11+. The molecule has 1 N–H and O–H groups in total. The number of carbonyl (C=O) groups excluding carboxylic acids is 1. The quantitative estimate of drug-likeness (QED) is 0.655. The fourth-order valence-electron chi connectivity index (χ4n) is 2.24. The van der Waals surface area contributed by atoms with Gasteiger partial charge in [0.15, 0.2) is 6.61 Å². The van der Waals surface area contributed by atoms with Gasteiger partial charge in [-0.2, -0.15) is 5.10 Å². The van der Waals surface area contributed by atoms with Crippen molar-refractivity contribution in [2.45, 2.75) is 20.8 Å². The number of carbonyl (C=O) groups is 1. The van der Waals surface area contributed by atoms with Crippen LogP contribution in [0.15, 0.2) is 41.5 Å². The summed E-state index contributed by atoms with van der Waals surface area (Å²) in [7, 11) is 1.64. The average Bonchev–Trinajstić information content (AvgIpc) is 2.57. The Morgan fingerprint density at radius 2 is 1.96 bits per heavy atom. The first-order valence-corrected chi connectivity index (χ1v) is 7.67. The van der Waals surface area contributed by atoms with Crippen molar-refractivity contribution in [1.82, 2.24) is 5.43 Å². The third-order valence-electron chi connectivity index (χ3n) is 3.75. The van der Waals surface area contributed by atoms with Crippen molar-refractivity contribution >= 4 is 12.1 Å². The largest absolute Gasteiger partial charge is 0.496 e. The van der Waals surface area contributed by atoms with E-state index in [9.17, 15) is 4.79 Å². The van der Waals surface area contributed by atoms with Crippen LogP contribution in [0, 0.1) is 20.8 Å². The van der Waals surface area contributed by atoms with Crippen LogP contribution in [0.5, 0.6) is 11.5 Å². The maximum atomic E-state index is 11.8. The van der Waals surface area contributed by atoms with Crippen molar-refractivity contribution in [2.75, 3.05) is 13.7 Å². The van der Waals surface area contributed by atoms with Gasteiger partial charge in [0, 0.05) is 0 Å². The highest BCUT2D eigenvalue weighted by molar-refractivity contribution is 5.85. The number of rotatable bonds is 6. The van der Waals surface area contributed by atoms with E-state index in [0.717, 1.165) is 28.0 Å². The minimum absolute atomic E-state index is 0.0819. The summed E-state index contributed by atoms with van der Waals surface area (Å²) in [5.41, 5.74) is 6.58. The Hall–Kier alpha value is -2.82.